The molecule has 6 heteroatoms. The molecule has 1 saturated heterocycles. The number of nitrogens with zero attached hydrogens (tertiary/aromatic N) is 1. The summed E-state index contributed by atoms with van der Waals surface area (Å²) < 4.78 is 5.79. The molecule has 36 heavy (non-hydrogen) atoms. The number of carbonyl (C=O) groups is 2. The van der Waals surface area contributed by atoms with Gasteiger partial charge in [0.15, 0.2) is 0 Å². The first-order valence-electron chi connectivity index (χ1n) is 12.0. The molecule has 0 radical (unpaired) electrons. The molecule has 1 unspecified atom stereocenters. The molecule has 1 fully saturated rings. The Balaban J connectivity index is 1.82. The Bertz CT molecular complexity index is 1320. The third-order valence-electron chi connectivity index (χ3n) is 6.28. The van der Waals surface area contributed by atoms with Crippen molar-refractivity contribution in [3.63, 3.8) is 0 Å². The fourth-order valence-corrected chi connectivity index (χ4v) is 4.35. The van der Waals surface area contributed by atoms with E-state index >= 15 is 0 Å². The number of ketones is 1. The van der Waals surface area contributed by atoms with E-state index in [4.69, 9.17) is 4.74 Å². The fraction of sp³-hybridized carbons (Fsp3) is 0.267. The highest BCUT2D eigenvalue weighted by molar-refractivity contribution is 6.46. The number of rotatable bonds is 7. The predicted molar refractivity (Wildman–Crippen MR) is 139 cm³/mol. The molecular weight excluding hydrogens is 454 g/mol. The van der Waals surface area contributed by atoms with Gasteiger partial charge in [0.2, 0.25) is 0 Å². The largest absolute Gasteiger partial charge is 0.508 e. The molecule has 1 heterocycles. The maximum atomic E-state index is 13.3. The van der Waals surface area contributed by atoms with E-state index in [2.05, 4.69) is 0 Å². The monoisotopic (exact) mass is 485 g/mol. The first kappa shape index (κ1) is 25.0. The van der Waals surface area contributed by atoms with Gasteiger partial charge in [-0.2, -0.15) is 0 Å². The van der Waals surface area contributed by atoms with E-state index < -0.39 is 17.7 Å². The number of hydrogen-bond donors (Lipinski definition) is 2. The van der Waals surface area contributed by atoms with Gasteiger partial charge >= 0.3 is 0 Å². The van der Waals surface area contributed by atoms with Crippen molar-refractivity contribution >= 4 is 17.4 Å². The van der Waals surface area contributed by atoms with E-state index in [0.29, 0.717) is 29.4 Å². The number of phenolic OH excluding ortho intramolecular Hbond substituents is 1. The molecule has 186 valence electrons. The topological polar surface area (TPSA) is 87.1 Å². The van der Waals surface area contributed by atoms with Gasteiger partial charge < -0.3 is 19.8 Å². The minimum atomic E-state index is -0.814. The maximum absolute atomic E-state index is 13.3. The average Bonchev–Trinajstić information content (AvgIpc) is 3.10. The van der Waals surface area contributed by atoms with E-state index in [-0.39, 0.29) is 23.6 Å². The lowest BCUT2D eigenvalue weighted by Gasteiger charge is -2.26. The number of benzene rings is 3. The molecule has 0 aromatic heterocycles. The molecule has 1 aliphatic rings. The second-order valence-electron chi connectivity index (χ2n) is 9.68. The van der Waals surface area contributed by atoms with Crippen molar-refractivity contribution in [1.82, 2.24) is 4.90 Å². The average molecular weight is 486 g/mol. The first-order valence-corrected chi connectivity index (χ1v) is 12.0. The Morgan fingerprint density at radius 1 is 1.00 bits per heavy atom. The minimum absolute atomic E-state index is 0.0111. The van der Waals surface area contributed by atoms with Gasteiger partial charge in [0.1, 0.15) is 17.3 Å². The Kier molecular flexibility index (Phi) is 7.15. The number of likely N-dealkylation sites (tertiary alicyclic amines) is 1. The Hall–Kier alpha value is -4.06. The van der Waals surface area contributed by atoms with Crippen LogP contribution in [-0.2, 0) is 16.1 Å². The van der Waals surface area contributed by atoms with Gasteiger partial charge in [-0.25, -0.2) is 0 Å². The second kappa shape index (κ2) is 10.3. The maximum Gasteiger partial charge on any atom is 0.295 e. The van der Waals surface area contributed by atoms with E-state index in [1.165, 1.54) is 17.0 Å². The summed E-state index contributed by atoms with van der Waals surface area (Å²) in [6.45, 7) is 8.74. The van der Waals surface area contributed by atoms with E-state index in [9.17, 15) is 19.8 Å². The van der Waals surface area contributed by atoms with Crippen LogP contribution in [0.1, 0.15) is 47.7 Å². The third kappa shape index (κ3) is 5.13. The van der Waals surface area contributed by atoms with Crippen molar-refractivity contribution in [2.45, 2.75) is 40.3 Å². The Morgan fingerprint density at radius 3 is 2.42 bits per heavy atom. The summed E-state index contributed by atoms with van der Waals surface area (Å²) in [5.74, 6) is -0.719. The summed E-state index contributed by atoms with van der Waals surface area (Å²) in [6.07, 6.45) is 0. The van der Waals surface area contributed by atoms with Crippen molar-refractivity contribution in [1.29, 1.82) is 0 Å². The normalized spacial score (nSPS) is 17.1. The number of amides is 1. The van der Waals surface area contributed by atoms with Crippen molar-refractivity contribution in [2.24, 2.45) is 5.92 Å². The van der Waals surface area contributed by atoms with Crippen LogP contribution in [0.2, 0.25) is 0 Å². The zero-order chi connectivity index (χ0) is 26.0. The molecule has 0 saturated carbocycles. The summed E-state index contributed by atoms with van der Waals surface area (Å²) in [4.78, 5) is 28.1. The summed E-state index contributed by atoms with van der Waals surface area (Å²) in [6, 6.07) is 18.4. The molecule has 1 atom stereocenters. The highest BCUT2D eigenvalue weighted by Crippen LogP contribution is 2.41. The molecule has 3 aromatic carbocycles. The first-order chi connectivity index (χ1) is 17.2. The van der Waals surface area contributed by atoms with Crippen molar-refractivity contribution in [3.8, 4) is 11.5 Å². The van der Waals surface area contributed by atoms with Gasteiger partial charge in [-0.15, -0.1) is 0 Å². The fourth-order valence-electron chi connectivity index (χ4n) is 4.35. The van der Waals surface area contributed by atoms with Gasteiger partial charge in [-0.05, 0) is 60.7 Å². The molecule has 1 aliphatic heterocycles. The van der Waals surface area contributed by atoms with Gasteiger partial charge in [-0.1, -0.05) is 61.9 Å². The molecule has 6 nitrogen and oxygen atoms in total. The summed E-state index contributed by atoms with van der Waals surface area (Å²) >= 11 is 0. The number of phenols is 1. The van der Waals surface area contributed by atoms with Crippen LogP contribution < -0.4 is 4.74 Å². The molecule has 0 aliphatic carbocycles. The van der Waals surface area contributed by atoms with Crippen LogP contribution in [0.3, 0.4) is 0 Å². The van der Waals surface area contributed by atoms with Gasteiger partial charge in [-0.3, -0.25) is 9.59 Å². The van der Waals surface area contributed by atoms with Crippen LogP contribution in [0.15, 0.2) is 72.3 Å². The summed E-state index contributed by atoms with van der Waals surface area (Å²) in [5, 5.41) is 21.2. The molecule has 3 aromatic rings. The second-order valence-corrected chi connectivity index (χ2v) is 9.68. The molecule has 0 spiro atoms. The van der Waals surface area contributed by atoms with E-state index in [1.807, 2.05) is 45.9 Å². The van der Waals surface area contributed by atoms with Crippen LogP contribution >= 0.6 is 0 Å². The molecule has 1 amide bonds. The summed E-state index contributed by atoms with van der Waals surface area (Å²) in [5.41, 5.74) is 3.99. The number of aryl methyl sites for hydroxylation is 2. The van der Waals surface area contributed by atoms with Crippen molar-refractivity contribution in [2.75, 3.05) is 6.61 Å². The van der Waals surface area contributed by atoms with E-state index in [0.717, 1.165) is 16.7 Å². The van der Waals surface area contributed by atoms with Crippen LogP contribution in [0, 0.1) is 19.8 Å². The van der Waals surface area contributed by atoms with Gasteiger partial charge in [0, 0.05) is 12.1 Å². The van der Waals surface area contributed by atoms with Crippen LogP contribution in [-0.4, -0.2) is 33.4 Å². The van der Waals surface area contributed by atoms with Crippen LogP contribution in [0.5, 0.6) is 11.5 Å². The lowest BCUT2D eigenvalue weighted by atomic mass is 9.94. The quantitative estimate of drug-likeness (QED) is 0.256. The zero-order valence-corrected chi connectivity index (χ0v) is 21.0. The van der Waals surface area contributed by atoms with Gasteiger partial charge in [0.25, 0.3) is 11.7 Å². The van der Waals surface area contributed by atoms with Crippen molar-refractivity contribution < 1.29 is 24.5 Å². The number of hydrogen-bond acceptors (Lipinski definition) is 5. The smallest absolute Gasteiger partial charge is 0.295 e. The molecule has 2 N–H and O–H groups in total. The van der Waals surface area contributed by atoms with Crippen LogP contribution in [0.25, 0.3) is 5.76 Å². The number of carbonyl (C=O) groups excluding carboxylic acids is 2. The molecular formula is C30H31NO5. The number of aromatic hydroxyl groups is 1. The van der Waals surface area contributed by atoms with Crippen LogP contribution in [0.4, 0.5) is 0 Å². The number of aliphatic hydroxyl groups excluding tert-OH is 1. The highest BCUT2D eigenvalue weighted by atomic mass is 16.5. The SMILES string of the molecule is Cc1ccc(C)c(CN2C(=O)C(=O)/C(=C(/O)c3cccc(OCC(C)C)c3)C2c2ccc(O)cc2)c1. The third-order valence-corrected chi connectivity index (χ3v) is 6.28. The molecule has 0 bridgehead atoms. The minimum Gasteiger partial charge on any atom is -0.508 e. The number of Topliss-reactive ketones (excluding diaryl/α,β-unsaturated/α-hetero) is 1. The highest BCUT2D eigenvalue weighted by Gasteiger charge is 2.46. The van der Waals surface area contributed by atoms with Crippen molar-refractivity contribution in [3.05, 3.63) is 100 Å². The lowest BCUT2D eigenvalue weighted by Crippen LogP contribution is -2.29. The van der Waals surface area contributed by atoms with Gasteiger partial charge in [0.05, 0.1) is 18.2 Å². The standard InChI is InChI=1S/C30H31NO5/c1-18(2)17-36-25-7-5-6-22(15-25)28(33)26-27(21-10-12-24(32)13-11-21)31(30(35)29(26)34)16-23-14-19(3)8-9-20(23)4/h5-15,18,27,32-33H,16-17H2,1-4H3/b28-26+. The lowest BCUT2D eigenvalue weighted by molar-refractivity contribution is -0.140. The van der Waals surface area contributed by atoms with E-state index in [1.54, 1.807) is 36.4 Å². The number of ether oxygens (including phenoxy) is 1. The Labute approximate surface area is 211 Å². The zero-order valence-electron chi connectivity index (χ0n) is 21.0. The Morgan fingerprint density at radius 2 is 1.72 bits per heavy atom. The summed E-state index contributed by atoms with van der Waals surface area (Å²) in [7, 11) is 0. The predicted octanol–water partition coefficient (Wildman–Crippen LogP) is 5.67. The number of aliphatic hydroxyl groups is 1. The molecule has 4 rings (SSSR count).